The first kappa shape index (κ1) is 18.5. The van der Waals surface area contributed by atoms with Crippen molar-refractivity contribution in [2.75, 3.05) is 29.8 Å². The number of anilines is 2. The van der Waals surface area contributed by atoms with E-state index in [9.17, 15) is 8.42 Å². The Bertz CT molecular complexity index is 859. The molecule has 1 atom stereocenters. The molecule has 1 aliphatic heterocycles. The summed E-state index contributed by atoms with van der Waals surface area (Å²) in [5.74, 6) is 0. The molecule has 0 saturated carbocycles. The van der Waals surface area contributed by atoms with E-state index in [4.69, 9.17) is 4.74 Å². The minimum Gasteiger partial charge on any atom is -0.380 e. The minimum atomic E-state index is -3.55. The topological polar surface area (TPSA) is 58.6 Å². The van der Waals surface area contributed by atoms with Crippen molar-refractivity contribution in [3.05, 3.63) is 65.1 Å². The van der Waals surface area contributed by atoms with E-state index < -0.39 is 10.0 Å². The average molecular weight is 372 g/mol. The maximum atomic E-state index is 12.2. The van der Waals surface area contributed by atoms with Crippen LogP contribution in [0.2, 0.25) is 0 Å². The normalized spacial score (nSPS) is 17.8. The average Bonchev–Trinajstić information content (AvgIpc) is 3.11. The number of methoxy groups -OCH3 is 1. The highest BCUT2D eigenvalue weighted by atomic mass is 32.2. The van der Waals surface area contributed by atoms with Crippen LogP contribution < -0.4 is 9.62 Å². The predicted molar refractivity (Wildman–Crippen MR) is 107 cm³/mol. The van der Waals surface area contributed by atoms with Gasteiger partial charge >= 0.3 is 0 Å². The summed E-state index contributed by atoms with van der Waals surface area (Å²) in [6, 6.07) is 15.1. The molecule has 5 nitrogen and oxygen atoms in total. The zero-order valence-corrected chi connectivity index (χ0v) is 15.9. The Morgan fingerprint density at radius 3 is 2.42 bits per heavy atom. The van der Waals surface area contributed by atoms with E-state index in [0.29, 0.717) is 5.69 Å². The van der Waals surface area contributed by atoms with Crippen molar-refractivity contribution in [1.29, 1.82) is 0 Å². The van der Waals surface area contributed by atoms with Crippen LogP contribution in [0.5, 0.6) is 0 Å². The maximum absolute atomic E-state index is 12.2. The number of nitrogens with zero attached hydrogens (tertiary/aromatic N) is 1. The number of sulfonamides is 1. The maximum Gasteiger partial charge on any atom is 0.255 e. The number of rotatable bonds is 6. The van der Waals surface area contributed by atoms with Gasteiger partial charge in [-0.25, -0.2) is 8.42 Å². The van der Waals surface area contributed by atoms with Crippen LogP contribution in [0.15, 0.2) is 53.9 Å². The van der Waals surface area contributed by atoms with Crippen molar-refractivity contribution in [3.8, 4) is 0 Å². The van der Waals surface area contributed by atoms with Crippen molar-refractivity contribution in [3.63, 3.8) is 0 Å². The van der Waals surface area contributed by atoms with Crippen LogP contribution in [0.4, 0.5) is 11.4 Å². The van der Waals surface area contributed by atoms with Gasteiger partial charge < -0.3 is 9.64 Å². The van der Waals surface area contributed by atoms with Crippen LogP contribution in [0, 0.1) is 6.92 Å². The summed E-state index contributed by atoms with van der Waals surface area (Å²) in [6.45, 7) is 3.80. The van der Waals surface area contributed by atoms with Crippen LogP contribution in [-0.4, -0.2) is 34.7 Å². The lowest BCUT2D eigenvalue weighted by Gasteiger charge is -2.18. The van der Waals surface area contributed by atoms with Crippen molar-refractivity contribution in [2.24, 2.45) is 0 Å². The predicted octanol–water partition coefficient (Wildman–Crippen LogP) is 3.63. The van der Waals surface area contributed by atoms with Crippen LogP contribution in [0.3, 0.4) is 0 Å². The molecule has 2 aromatic carbocycles. The monoisotopic (exact) mass is 372 g/mol. The first-order valence-electron chi connectivity index (χ1n) is 8.60. The Balaban J connectivity index is 1.63. The van der Waals surface area contributed by atoms with Gasteiger partial charge in [-0.05, 0) is 49.2 Å². The van der Waals surface area contributed by atoms with Crippen LogP contribution in [-0.2, 0) is 14.8 Å². The molecule has 6 heteroatoms. The Hall–Kier alpha value is -2.31. The summed E-state index contributed by atoms with van der Waals surface area (Å²) < 4.78 is 32.4. The van der Waals surface area contributed by atoms with E-state index in [2.05, 4.69) is 9.62 Å². The number of aryl methyl sites for hydroxylation is 1. The highest BCUT2D eigenvalue weighted by molar-refractivity contribution is 7.95. The molecule has 0 aliphatic carbocycles. The van der Waals surface area contributed by atoms with Gasteiger partial charge in [0.2, 0.25) is 0 Å². The van der Waals surface area contributed by atoms with Crippen molar-refractivity contribution >= 4 is 27.5 Å². The second-order valence-corrected chi connectivity index (χ2v) is 8.07. The summed E-state index contributed by atoms with van der Waals surface area (Å²) in [5.41, 5.74) is 3.60. The van der Waals surface area contributed by atoms with Crippen LogP contribution in [0.25, 0.3) is 6.08 Å². The molecule has 1 N–H and O–H groups in total. The number of hydrogen-bond donors (Lipinski definition) is 1. The van der Waals surface area contributed by atoms with Crippen molar-refractivity contribution in [1.82, 2.24) is 0 Å². The molecule has 1 heterocycles. The summed E-state index contributed by atoms with van der Waals surface area (Å²) in [7, 11) is -1.82. The van der Waals surface area contributed by atoms with Crippen LogP contribution in [0.1, 0.15) is 17.5 Å². The standard InChI is InChI=1S/C20H24N2O3S/c1-16-3-5-17(6-4-16)12-14-26(23,24)21-18-7-9-19(10-8-18)22-13-11-20(15-22)25-2/h3-10,12,14,20-21H,11,13,15H2,1-2H3/b14-12+. The fourth-order valence-corrected chi connectivity index (χ4v) is 3.81. The zero-order valence-electron chi connectivity index (χ0n) is 15.1. The molecule has 1 aliphatic rings. The van der Waals surface area contributed by atoms with Gasteiger partial charge in [0, 0.05) is 31.6 Å². The Morgan fingerprint density at radius 1 is 1.12 bits per heavy atom. The molecule has 26 heavy (non-hydrogen) atoms. The van der Waals surface area contributed by atoms with Gasteiger partial charge in [0.05, 0.1) is 11.5 Å². The highest BCUT2D eigenvalue weighted by Crippen LogP contribution is 2.23. The van der Waals surface area contributed by atoms with Gasteiger partial charge in [-0.1, -0.05) is 29.8 Å². The molecule has 0 radical (unpaired) electrons. The third-order valence-corrected chi connectivity index (χ3v) is 5.50. The van der Waals surface area contributed by atoms with Gasteiger partial charge in [0.15, 0.2) is 0 Å². The first-order valence-corrected chi connectivity index (χ1v) is 10.2. The van der Waals surface area contributed by atoms with Gasteiger partial charge in [-0.15, -0.1) is 0 Å². The molecule has 0 bridgehead atoms. The Labute approximate surface area is 155 Å². The third kappa shape index (κ3) is 4.86. The van der Waals surface area contributed by atoms with Crippen molar-refractivity contribution < 1.29 is 13.2 Å². The fourth-order valence-electron chi connectivity index (χ4n) is 2.94. The number of nitrogens with one attached hydrogen (secondary N) is 1. The fraction of sp³-hybridized carbons (Fsp3) is 0.300. The molecule has 3 rings (SSSR count). The summed E-state index contributed by atoms with van der Waals surface area (Å²) in [5, 5.41) is 1.19. The zero-order chi connectivity index (χ0) is 18.6. The summed E-state index contributed by atoms with van der Waals surface area (Å²) in [4.78, 5) is 2.24. The van der Waals surface area contributed by atoms with Crippen molar-refractivity contribution in [2.45, 2.75) is 19.4 Å². The Kier molecular flexibility index (Phi) is 5.64. The van der Waals surface area contributed by atoms with Crippen LogP contribution >= 0.6 is 0 Å². The second kappa shape index (κ2) is 7.93. The minimum absolute atomic E-state index is 0.264. The molecule has 1 saturated heterocycles. The highest BCUT2D eigenvalue weighted by Gasteiger charge is 2.22. The molecule has 0 amide bonds. The lowest BCUT2D eigenvalue weighted by atomic mass is 10.2. The van der Waals surface area contributed by atoms with Gasteiger partial charge in [-0.3, -0.25) is 4.72 Å². The largest absolute Gasteiger partial charge is 0.380 e. The lowest BCUT2D eigenvalue weighted by Crippen LogP contribution is -2.22. The number of benzene rings is 2. The molecule has 0 spiro atoms. The summed E-state index contributed by atoms with van der Waals surface area (Å²) >= 11 is 0. The first-order chi connectivity index (χ1) is 12.4. The summed E-state index contributed by atoms with van der Waals surface area (Å²) in [6.07, 6.45) is 2.86. The van der Waals surface area contributed by atoms with E-state index in [0.717, 1.165) is 36.3 Å². The van der Waals surface area contributed by atoms with E-state index >= 15 is 0 Å². The molecule has 1 fully saturated rings. The smallest absolute Gasteiger partial charge is 0.255 e. The SMILES string of the molecule is COC1CCN(c2ccc(NS(=O)(=O)/C=C/c3ccc(C)cc3)cc2)C1. The molecule has 1 unspecified atom stereocenters. The number of hydrogen-bond acceptors (Lipinski definition) is 4. The lowest BCUT2D eigenvalue weighted by molar-refractivity contribution is 0.121. The Morgan fingerprint density at radius 2 is 1.81 bits per heavy atom. The van der Waals surface area contributed by atoms with E-state index in [1.165, 1.54) is 5.41 Å². The van der Waals surface area contributed by atoms with E-state index in [1.54, 1.807) is 25.3 Å². The second-order valence-electron chi connectivity index (χ2n) is 6.50. The molecule has 2 aromatic rings. The molecule has 138 valence electrons. The number of ether oxygens (including phenoxy) is 1. The van der Waals surface area contributed by atoms with Gasteiger partial charge in [0.25, 0.3) is 10.0 Å². The quantitative estimate of drug-likeness (QED) is 0.841. The van der Waals surface area contributed by atoms with E-state index in [-0.39, 0.29) is 6.10 Å². The third-order valence-electron chi connectivity index (χ3n) is 4.49. The van der Waals surface area contributed by atoms with E-state index in [1.807, 2.05) is 43.3 Å². The molecule has 0 aromatic heterocycles. The molecular formula is C20H24N2O3S. The molecular weight excluding hydrogens is 348 g/mol. The van der Waals surface area contributed by atoms with Gasteiger partial charge in [0.1, 0.15) is 0 Å². The van der Waals surface area contributed by atoms with Gasteiger partial charge in [-0.2, -0.15) is 0 Å².